The average molecular weight is 475 g/mol. The van der Waals surface area contributed by atoms with Crippen molar-refractivity contribution >= 4 is 51.4 Å². The molecule has 164 valence electrons. The summed E-state index contributed by atoms with van der Waals surface area (Å²) in [6.45, 7) is 2.66. The van der Waals surface area contributed by atoms with Gasteiger partial charge >= 0.3 is 0 Å². The number of carbonyl (C=O) groups excluding carboxylic acids is 2. The lowest BCUT2D eigenvalue weighted by Gasteiger charge is -2.17. The summed E-state index contributed by atoms with van der Waals surface area (Å²) in [7, 11) is 0. The molecule has 4 nitrogen and oxygen atoms in total. The minimum absolute atomic E-state index is 0.209. The molecule has 3 aromatic rings. The van der Waals surface area contributed by atoms with Crippen molar-refractivity contribution in [2.45, 2.75) is 20.0 Å². The Morgan fingerprint density at radius 1 is 0.818 bits per heavy atom. The Labute approximate surface area is 200 Å². The van der Waals surface area contributed by atoms with Crippen molar-refractivity contribution in [1.82, 2.24) is 4.90 Å². The Balaban J connectivity index is 1.50. The topological polar surface area (TPSA) is 40.6 Å². The van der Waals surface area contributed by atoms with Crippen molar-refractivity contribution in [2.75, 3.05) is 4.90 Å². The molecule has 0 atom stereocenters. The molecular formula is C26H19FN2O2S2. The van der Waals surface area contributed by atoms with E-state index in [1.165, 1.54) is 17.0 Å². The van der Waals surface area contributed by atoms with Gasteiger partial charge in [-0.25, -0.2) is 4.39 Å². The molecule has 0 N–H and O–H groups in total. The number of halogens is 1. The molecule has 0 aliphatic carbocycles. The first-order valence-electron chi connectivity index (χ1n) is 10.4. The number of nitrogens with zero attached hydrogens (tertiary/aromatic N) is 2. The zero-order valence-electron chi connectivity index (χ0n) is 17.7. The van der Waals surface area contributed by atoms with Crippen molar-refractivity contribution in [3.05, 3.63) is 106 Å². The summed E-state index contributed by atoms with van der Waals surface area (Å²) in [5.74, 6) is -0.850. The molecule has 1 saturated heterocycles. The van der Waals surface area contributed by atoms with Gasteiger partial charge in [-0.15, -0.1) is 0 Å². The average Bonchev–Trinajstić information content (AvgIpc) is 3.24. The molecule has 33 heavy (non-hydrogen) atoms. The van der Waals surface area contributed by atoms with Gasteiger partial charge in [-0.2, -0.15) is 0 Å². The molecule has 0 bridgehead atoms. The van der Waals surface area contributed by atoms with Gasteiger partial charge < -0.3 is 4.90 Å². The first kappa shape index (κ1) is 21.6. The van der Waals surface area contributed by atoms with Gasteiger partial charge in [0.25, 0.3) is 11.8 Å². The van der Waals surface area contributed by atoms with E-state index in [2.05, 4.69) is 0 Å². The maximum Gasteiger partial charge on any atom is 0.267 e. The standard InChI is InChI=1S/C26H19FN2O2S2/c1-16-6-8-17(9-7-16)14-28-21-5-3-2-4-20(21)22(24(28)30)23-25(31)29(26(32)33-23)15-18-10-12-19(27)13-11-18/h2-13H,14-15H2,1H3/b23-22+. The van der Waals surface area contributed by atoms with Crippen LogP contribution < -0.4 is 4.90 Å². The number of benzene rings is 3. The quantitative estimate of drug-likeness (QED) is 0.372. The van der Waals surface area contributed by atoms with E-state index >= 15 is 0 Å². The van der Waals surface area contributed by atoms with Gasteiger partial charge in [-0.3, -0.25) is 14.5 Å². The van der Waals surface area contributed by atoms with Gasteiger partial charge in [0.05, 0.1) is 29.3 Å². The second-order valence-corrected chi connectivity index (χ2v) is 9.63. The third-order valence-electron chi connectivity index (χ3n) is 5.71. The molecule has 2 heterocycles. The minimum Gasteiger partial charge on any atom is -0.303 e. The summed E-state index contributed by atoms with van der Waals surface area (Å²) < 4.78 is 13.6. The molecule has 1 fully saturated rings. The van der Waals surface area contributed by atoms with Crippen LogP contribution in [-0.4, -0.2) is 21.0 Å². The number of rotatable bonds is 4. The highest BCUT2D eigenvalue weighted by molar-refractivity contribution is 8.26. The van der Waals surface area contributed by atoms with E-state index < -0.39 is 0 Å². The van der Waals surface area contributed by atoms with Crippen molar-refractivity contribution in [3.8, 4) is 0 Å². The highest BCUT2D eigenvalue weighted by atomic mass is 32.2. The smallest absolute Gasteiger partial charge is 0.267 e. The van der Waals surface area contributed by atoms with E-state index in [1.807, 2.05) is 55.5 Å². The fraction of sp³-hybridized carbons (Fsp3) is 0.115. The lowest BCUT2D eigenvalue weighted by molar-refractivity contribution is -0.122. The third kappa shape index (κ3) is 3.98. The monoisotopic (exact) mass is 474 g/mol. The highest BCUT2D eigenvalue weighted by Gasteiger charge is 2.41. The second-order valence-electron chi connectivity index (χ2n) is 7.98. The lowest BCUT2D eigenvalue weighted by Crippen LogP contribution is -2.29. The van der Waals surface area contributed by atoms with Crippen molar-refractivity contribution in [1.29, 1.82) is 0 Å². The van der Waals surface area contributed by atoms with Crippen LogP contribution in [0.15, 0.2) is 77.7 Å². The Hall–Kier alpha value is -3.29. The molecular weight excluding hydrogens is 455 g/mol. The molecule has 7 heteroatoms. The molecule has 2 aliphatic heterocycles. The number of fused-ring (bicyclic) bond motifs is 1. The molecule has 0 spiro atoms. The van der Waals surface area contributed by atoms with Crippen LogP contribution in [0.1, 0.15) is 22.3 Å². The number of carbonyl (C=O) groups is 2. The van der Waals surface area contributed by atoms with E-state index in [-0.39, 0.29) is 24.2 Å². The first-order chi connectivity index (χ1) is 15.9. The minimum atomic E-state index is -0.340. The molecule has 3 aromatic carbocycles. The van der Waals surface area contributed by atoms with Gasteiger partial charge in [0, 0.05) is 5.56 Å². The molecule has 0 saturated carbocycles. The lowest BCUT2D eigenvalue weighted by atomic mass is 10.1. The van der Waals surface area contributed by atoms with Crippen molar-refractivity contribution in [3.63, 3.8) is 0 Å². The zero-order chi connectivity index (χ0) is 23.1. The maximum atomic E-state index is 13.6. The number of hydrogen-bond donors (Lipinski definition) is 0. The van der Waals surface area contributed by atoms with Gasteiger partial charge in [-0.1, -0.05) is 84.1 Å². The summed E-state index contributed by atoms with van der Waals surface area (Å²) in [6, 6.07) is 21.5. The predicted octanol–water partition coefficient (Wildman–Crippen LogP) is 5.45. The Morgan fingerprint density at radius 3 is 2.12 bits per heavy atom. The summed E-state index contributed by atoms with van der Waals surface area (Å²) in [5.41, 5.74) is 4.82. The van der Waals surface area contributed by atoms with Crippen LogP contribution in [-0.2, 0) is 22.7 Å². The number of anilines is 1. The van der Waals surface area contributed by atoms with Gasteiger partial charge in [0.15, 0.2) is 0 Å². The molecule has 5 rings (SSSR count). The summed E-state index contributed by atoms with van der Waals surface area (Å²) in [5, 5.41) is 0. The SMILES string of the molecule is Cc1ccc(CN2C(=O)/C(=C3/SC(=S)N(Cc4ccc(F)cc4)C3=O)c3ccccc32)cc1. The molecule has 0 aromatic heterocycles. The Morgan fingerprint density at radius 2 is 1.42 bits per heavy atom. The fourth-order valence-corrected chi connectivity index (χ4v) is 5.32. The van der Waals surface area contributed by atoms with E-state index in [0.29, 0.717) is 21.3 Å². The van der Waals surface area contributed by atoms with Crippen molar-refractivity contribution < 1.29 is 14.0 Å². The normalized spacial score (nSPS) is 17.8. The van der Waals surface area contributed by atoms with Crippen LogP contribution in [0.2, 0.25) is 0 Å². The molecule has 2 amide bonds. The number of aryl methyl sites for hydroxylation is 1. The van der Waals surface area contributed by atoms with Gasteiger partial charge in [0.1, 0.15) is 10.1 Å². The number of thiocarbonyl (C=S) groups is 1. The summed E-state index contributed by atoms with van der Waals surface area (Å²) in [6.07, 6.45) is 0. The zero-order valence-corrected chi connectivity index (χ0v) is 19.4. The predicted molar refractivity (Wildman–Crippen MR) is 133 cm³/mol. The number of amides is 2. The molecule has 0 unspecified atom stereocenters. The van der Waals surface area contributed by atoms with Crippen LogP contribution in [0.3, 0.4) is 0 Å². The van der Waals surface area contributed by atoms with Gasteiger partial charge in [0.2, 0.25) is 0 Å². The largest absolute Gasteiger partial charge is 0.303 e. The molecule has 2 aliphatic rings. The molecule has 0 radical (unpaired) electrons. The van der Waals surface area contributed by atoms with E-state index in [4.69, 9.17) is 12.2 Å². The third-order valence-corrected chi connectivity index (χ3v) is 7.16. The Kier molecular flexibility index (Phi) is 5.60. The Bertz CT molecular complexity index is 1320. The van der Waals surface area contributed by atoms with Crippen LogP contribution in [0.4, 0.5) is 10.1 Å². The van der Waals surface area contributed by atoms with Crippen LogP contribution >= 0.6 is 24.0 Å². The maximum absolute atomic E-state index is 13.6. The number of hydrogen-bond acceptors (Lipinski definition) is 4. The highest BCUT2D eigenvalue weighted by Crippen LogP contribution is 2.45. The number of para-hydroxylation sites is 1. The van der Waals surface area contributed by atoms with E-state index in [1.54, 1.807) is 17.0 Å². The van der Waals surface area contributed by atoms with Crippen molar-refractivity contribution in [2.24, 2.45) is 0 Å². The van der Waals surface area contributed by atoms with Gasteiger partial charge in [-0.05, 0) is 36.2 Å². The first-order valence-corrected chi connectivity index (χ1v) is 11.6. The van der Waals surface area contributed by atoms with Crippen LogP contribution in [0.5, 0.6) is 0 Å². The fourth-order valence-electron chi connectivity index (χ4n) is 3.99. The van der Waals surface area contributed by atoms with Crippen LogP contribution in [0, 0.1) is 12.7 Å². The van der Waals surface area contributed by atoms with E-state index in [0.717, 1.165) is 39.7 Å². The summed E-state index contributed by atoms with van der Waals surface area (Å²) >= 11 is 6.62. The summed E-state index contributed by atoms with van der Waals surface area (Å²) in [4.78, 5) is 30.4. The van der Waals surface area contributed by atoms with Crippen LogP contribution in [0.25, 0.3) is 5.57 Å². The van der Waals surface area contributed by atoms with E-state index in [9.17, 15) is 14.0 Å². The number of thioether (sulfide) groups is 1. The second kappa shape index (κ2) is 8.57.